The van der Waals surface area contributed by atoms with Gasteiger partial charge in [0, 0.05) is 13.1 Å². The Balaban J connectivity index is 1.88. The number of halogens is 1. The van der Waals surface area contributed by atoms with Crippen molar-refractivity contribution in [2.45, 2.75) is 13.0 Å². The van der Waals surface area contributed by atoms with Crippen LogP contribution in [-0.4, -0.2) is 57.5 Å². The van der Waals surface area contributed by atoms with Gasteiger partial charge in [-0.1, -0.05) is 6.07 Å². The Labute approximate surface area is 135 Å². The number of ether oxygens (including phenoxy) is 1. The summed E-state index contributed by atoms with van der Waals surface area (Å²) in [6.45, 7) is 2.63. The van der Waals surface area contributed by atoms with E-state index in [4.69, 9.17) is 4.74 Å². The minimum absolute atomic E-state index is 0.0829. The maximum absolute atomic E-state index is 13.7. The number of carbonyl (C=O) groups is 1. The number of hydrogen-bond acceptors (Lipinski definition) is 5. The predicted molar refractivity (Wildman–Crippen MR) is 84.6 cm³/mol. The van der Waals surface area contributed by atoms with E-state index in [2.05, 4.69) is 5.32 Å². The van der Waals surface area contributed by atoms with Gasteiger partial charge in [-0.3, -0.25) is 9.69 Å². The third-order valence-electron chi connectivity index (χ3n) is 3.86. The molecule has 8 heteroatoms. The van der Waals surface area contributed by atoms with Crippen LogP contribution in [0.2, 0.25) is 0 Å². The lowest BCUT2D eigenvalue weighted by atomic mass is 10.1. The van der Waals surface area contributed by atoms with E-state index in [0.29, 0.717) is 18.7 Å². The molecule has 0 saturated carbocycles. The van der Waals surface area contributed by atoms with E-state index < -0.39 is 15.7 Å². The molecule has 23 heavy (non-hydrogen) atoms. The summed E-state index contributed by atoms with van der Waals surface area (Å²) >= 11 is 0. The van der Waals surface area contributed by atoms with Crippen molar-refractivity contribution >= 4 is 15.7 Å². The molecule has 1 saturated heterocycles. The minimum Gasteiger partial charge on any atom is -0.494 e. The third kappa shape index (κ3) is 4.90. The van der Waals surface area contributed by atoms with Gasteiger partial charge in [-0.25, -0.2) is 12.8 Å². The fourth-order valence-corrected chi connectivity index (χ4v) is 3.71. The van der Waals surface area contributed by atoms with Crippen molar-refractivity contribution in [3.63, 3.8) is 0 Å². The second kappa shape index (κ2) is 7.27. The highest BCUT2D eigenvalue weighted by Gasteiger charge is 2.23. The molecular weight excluding hydrogens is 323 g/mol. The molecule has 1 aromatic carbocycles. The quantitative estimate of drug-likeness (QED) is 0.853. The predicted octanol–water partition coefficient (Wildman–Crippen LogP) is 0.742. The molecule has 0 aliphatic carbocycles. The van der Waals surface area contributed by atoms with Gasteiger partial charge in [0.2, 0.25) is 5.91 Å². The van der Waals surface area contributed by atoms with Crippen molar-refractivity contribution in [3.8, 4) is 5.75 Å². The second-order valence-corrected chi connectivity index (χ2v) is 7.91. The lowest BCUT2D eigenvalue weighted by molar-refractivity contribution is -0.122. The van der Waals surface area contributed by atoms with Crippen LogP contribution in [0, 0.1) is 5.82 Å². The fourth-order valence-electron chi connectivity index (χ4n) is 2.43. The molecule has 6 nitrogen and oxygen atoms in total. The Morgan fingerprint density at radius 1 is 1.39 bits per heavy atom. The largest absolute Gasteiger partial charge is 0.494 e. The van der Waals surface area contributed by atoms with E-state index in [1.165, 1.54) is 19.2 Å². The van der Waals surface area contributed by atoms with Gasteiger partial charge in [0.05, 0.1) is 31.2 Å². The first-order chi connectivity index (χ1) is 10.8. The number of nitrogens with zero attached hydrogens (tertiary/aromatic N) is 1. The first kappa shape index (κ1) is 17.7. The zero-order valence-electron chi connectivity index (χ0n) is 13.2. The number of rotatable bonds is 5. The van der Waals surface area contributed by atoms with Gasteiger partial charge in [-0.2, -0.15) is 0 Å². The zero-order valence-corrected chi connectivity index (χ0v) is 14.0. The molecule has 0 bridgehead atoms. The van der Waals surface area contributed by atoms with Crippen LogP contribution < -0.4 is 10.1 Å². The summed E-state index contributed by atoms with van der Waals surface area (Å²) in [6.07, 6.45) is 0. The van der Waals surface area contributed by atoms with E-state index >= 15 is 0 Å². The van der Waals surface area contributed by atoms with Crippen LogP contribution in [0.15, 0.2) is 18.2 Å². The molecular formula is C15H21FN2O4S. The molecule has 0 radical (unpaired) electrons. The molecule has 1 aliphatic heterocycles. The topological polar surface area (TPSA) is 75.7 Å². The van der Waals surface area contributed by atoms with E-state index in [1.807, 2.05) is 0 Å². The summed E-state index contributed by atoms with van der Waals surface area (Å²) in [6, 6.07) is 4.19. The molecule has 1 aromatic rings. The van der Waals surface area contributed by atoms with Crippen molar-refractivity contribution in [3.05, 3.63) is 29.6 Å². The Morgan fingerprint density at radius 3 is 2.61 bits per heavy atom. The summed E-state index contributed by atoms with van der Waals surface area (Å²) in [4.78, 5) is 13.8. The second-order valence-electron chi connectivity index (χ2n) is 5.61. The van der Waals surface area contributed by atoms with Gasteiger partial charge >= 0.3 is 0 Å². The van der Waals surface area contributed by atoms with Gasteiger partial charge in [0.25, 0.3) is 0 Å². The van der Waals surface area contributed by atoms with Gasteiger partial charge in [0.1, 0.15) is 0 Å². The highest BCUT2D eigenvalue weighted by atomic mass is 32.2. The summed E-state index contributed by atoms with van der Waals surface area (Å²) in [5.41, 5.74) is 0.637. The highest BCUT2D eigenvalue weighted by molar-refractivity contribution is 7.91. The first-order valence-electron chi connectivity index (χ1n) is 7.36. The summed E-state index contributed by atoms with van der Waals surface area (Å²) < 4.78 is 41.3. The Kier molecular flexibility index (Phi) is 5.59. The van der Waals surface area contributed by atoms with Gasteiger partial charge < -0.3 is 10.1 Å². The van der Waals surface area contributed by atoms with Crippen LogP contribution in [0.25, 0.3) is 0 Å². The first-order valence-corrected chi connectivity index (χ1v) is 9.18. The van der Waals surface area contributed by atoms with E-state index in [-0.39, 0.29) is 35.7 Å². The van der Waals surface area contributed by atoms with Crippen LogP contribution in [0.1, 0.15) is 18.5 Å². The highest BCUT2D eigenvalue weighted by Crippen LogP contribution is 2.21. The summed E-state index contributed by atoms with van der Waals surface area (Å²) in [5, 5.41) is 2.79. The standard InChI is InChI=1S/C15H21FN2O4S/c1-11(12-3-4-14(22-2)13(16)9-12)17-15(19)10-18-5-7-23(20,21)8-6-18/h3-4,9,11H,5-8,10H2,1-2H3,(H,17,19)/t11-/m1/s1. The molecule has 1 fully saturated rings. The molecule has 2 rings (SSSR count). The van der Waals surface area contributed by atoms with Gasteiger partial charge in [-0.15, -0.1) is 0 Å². The average molecular weight is 344 g/mol. The Bertz CT molecular complexity index is 664. The molecule has 0 unspecified atom stereocenters. The fraction of sp³-hybridized carbons (Fsp3) is 0.533. The number of nitrogens with one attached hydrogen (secondary N) is 1. The maximum atomic E-state index is 13.7. The van der Waals surface area contributed by atoms with Crippen LogP contribution in [0.3, 0.4) is 0 Å². The Hall–Kier alpha value is -1.67. The summed E-state index contributed by atoms with van der Waals surface area (Å²) in [5.74, 6) is -0.374. The van der Waals surface area contributed by atoms with Crippen LogP contribution in [-0.2, 0) is 14.6 Å². The number of carbonyl (C=O) groups excluding carboxylic acids is 1. The molecule has 0 spiro atoms. The molecule has 1 amide bonds. The van der Waals surface area contributed by atoms with Crippen molar-refractivity contribution < 1.29 is 22.3 Å². The number of amides is 1. The molecule has 1 aliphatic rings. The van der Waals surface area contributed by atoms with E-state index in [0.717, 1.165) is 0 Å². The van der Waals surface area contributed by atoms with E-state index in [1.54, 1.807) is 17.9 Å². The minimum atomic E-state index is -2.96. The van der Waals surface area contributed by atoms with Crippen molar-refractivity contribution in [2.75, 3.05) is 38.2 Å². The zero-order chi connectivity index (χ0) is 17.0. The van der Waals surface area contributed by atoms with E-state index in [9.17, 15) is 17.6 Å². The van der Waals surface area contributed by atoms with Crippen LogP contribution >= 0.6 is 0 Å². The number of hydrogen-bond donors (Lipinski definition) is 1. The monoisotopic (exact) mass is 344 g/mol. The van der Waals surface area contributed by atoms with Crippen molar-refractivity contribution in [1.82, 2.24) is 10.2 Å². The van der Waals surface area contributed by atoms with Gasteiger partial charge in [-0.05, 0) is 24.6 Å². The number of benzene rings is 1. The SMILES string of the molecule is COc1ccc([C@@H](C)NC(=O)CN2CCS(=O)(=O)CC2)cc1F. The summed E-state index contributed by atoms with van der Waals surface area (Å²) in [7, 11) is -1.56. The molecule has 1 N–H and O–H groups in total. The van der Waals surface area contributed by atoms with Crippen molar-refractivity contribution in [1.29, 1.82) is 0 Å². The molecule has 1 atom stereocenters. The maximum Gasteiger partial charge on any atom is 0.234 e. The number of sulfone groups is 1. The van der Waals surface area contributed by atoms with Crippen molar-refractivity contribution in [2.24, 2.45) is 0 Å². The average Bonchev–Trinajstić information content (AvgIpc) is 2.49. The van der Waals surface area contributed by atoms with Gasteiger partial charge in [0.15, 0.2) is 21.4 Å². The molecule has 0 aromatic heterocycles. The normalized spacial score (nSPS) is 19.1. The smallest absolute Gasteiger partial charge is 0.234 e. The lowest BCUT2D eigenvalue weighted by Gasteiger charge is -2.26. The third-order valence-corrected chi connectivity index (χ3v) is 5.47. The number of methoxy groups -OCH3 is 1. The van der Waals surface area contributed by atoms with Crippen LogP contribution in [0.5, 0.6) is 5.75 Å². The molecule has 1 heterocycles. The lowest BCUT2D eigenvalue weighted by Crippen LogP contribution is -2.45. The molecule has 128 valence electrons. The van der Waals surface area contributed by atoms with Crippen LogP contribution in [0.4, 0.5) is 4.39 Å². The Morgan fingerprint density at radius 2 is 2.04 bits per heavy atom.